The van der Waals surface area contributed by atoms with Crippen LogP contribution in [0.4, 0.5) is 17.3 Å². The molecule has 7 heterocycles. The van der Waals surface area contributed by atoms with Gasteiger partial charge in [0.2, 0.25) is 5.95 Å². The third-order valence-electron chi connectivity index (χ3n) is 8.17. The van der Waals surface area contributed by atoms with E-state index in [1.807, 2.05) is 40.1 Å². The van der Waals surface area contributed by atoms with E-state index in [0.717, 1.165) is 61.9 Å². The minimum Gasteiger partial charge on any atom is -0.378 e. The van der Waals surface area contributed by atoms with Gasteiger partial charge in [-0.05, 0) is 25.0 Å². The highest BCUT2D eigenvalue weighted by Gasteiger charge is 2.43. The summed E-state index contributed by atoms with van der Waals surface area (Å²) < 4.78 is 10.9. The highest BCUT2D eigenvalue weighted by atomic mass is 16.5. The molecule has 0 atom stereocenters. The zero-order valence-electron chi connectivity index (χ0n) is 22.1. The summed E-state index contributed by atoms with van der Waals surface area (Å²) in [6.45, 7) is 5.65. The van der Waals surface area contributed by atoms with Crippen molar-refractivity contribution in [3.05, 3.63) is 42.6 Å². The van der Waals surface area contributed by atoms with Crippen molar-refractivity contribution in [1.82, 2.24) is 49.7 Å². The monoisotopic (exact) mass is 544 g/mol. The molecule has 4 N–H and O–H groups in total. The number of hydrogen-bond donors (Lipinski definition) is 3. The summed E-state index contributed by atoms with van der Waals surface area (Å²) in [6.07, 6.45) is 10.0. The fraction of sp³-hybridized carbons (Fsp3) is 0.520. The van der Waals surface area contributed by atoms with Gasteiger partial charge in [0, 0.05) is 38.6 Å². The van der Waals surface area contributed by atoms with Crippen molar-refractivity contribution >= 4 is 23.0 Å². The second-order valence-electron chi connectivity index (χ2n) is 10.9. The molecule has 0 aliphatic carbocycles. The lowest BCUT2D eigenvalue weighted by Crippen LogP contribution is -2.71. The number of nitriles is 1. The summed E-state index contributed by atoms with van der Waals surface area (Å²) >= 11 is 0. The summed E-state index contributed by atoms with van der Waals surface area (Å²) in [6, 6.07) is 7.11. The SMILES string of the molecule is N#CCC1(NN)CN(c2cccn3nc(Nc4cnn(Cc5cn(C6CCN(C7COC7)CC6)nn5)c4)nc23)C1. The number of nitrogens with two attached hydrogens (primary N) is 1. The van der Waals surface area contributed by atoms with Crippen LogP contribution in [0.3, 0.4) is 0 Å². The number of ether oxygens (including phenoxy) is 1. The van der Waals surface area contributed by atoms with Crippen LogP contribution in [-0.2, 0) is 11.3 Å². The maximum Gasteiger partial charge on any atom is 0.247 e. The largest absolute Gasteiger partial charge is 0.378 e. The first-order valence-corrected chi connectivity index (χ1v) is 13.6. The van der Waals surface area contributed by atoms with Crippen LogP contribution in [0, 0.1) is 11.3 Å². The van der Waals surface area contributed by atoms with E-state index >= 15 is 0 Å². The second kappa shape index (κ2) is 10.1. The van der Waals surface area contributed by atoms with E-state index in [9.17, 15) is 0 Å². The van der Waals surface area contributed by atoms with Gasteiger partial charge in [-0.2, -0.15) is 15.3 Å². The molecule has 40 heavy (non-hydrogen) atoms. The number of nitrogens with zero attached hydrogens (tertiary/aromatic N) is 11. The Morgan fingerprint density at radius 3 is 2.77 bits per heavy atom. The molecular weight excluding hydrogens is 512 g/mol. The Balaban J connectivity index is 0.976. The van der Waals surface area contributed by atoms with Gasteiger partial charge in [-0.15, -0.1) is 10.2 Å². The van der Waals surface area contributed by atoms with E-state index in [4.69, 9.17) is 20.8 Å². The standard InChI is InChI=1S/C25H32N14O/c26-6-5-25(33-27)16-36(17-25)22-2-1-7-38-23(22)30-24(32-38)29-18-10-28-37(11-18)12-19-13-39(34-31-19)20-3-8-35(9-4-20)21-14-40-15-21/h1-2,7,10-11,13,20-21,33H,3-5,8-9,12,14-17,27H2,(H,29,32). The van der Waals surface area contributed by atoms with E-state index in [1.54, 1.807) is 10.7 Å². The lowest BCUT2D eigenvalue weighted by molar-refractivity contribution is -0.0734. The van der Waals surface area contributed by atoms with Crippen molar-refractivity contribution < 1.29 is 4.74 Å². The number of likely N-dealkylation sites (tertiary alicyclic amines) is 1. The van der Waals surface area contributed by atoms with E-state index < -0.39 is 5.54 Å². The lowest BCUT2D eigenvalue weighted by Gasteiger charge is -2.49. The van der Waals surface area contributed by atoms with Crippen LogP contribution in [0.5, 0.6) is 0 Å². The highest BCUT2D eigenvalue weighted by Crippen LogP contribution is 2.32. The smallest absolute Gasteiger partial charge is 0.247 e. The molecule has 0 saturated carbocycles. The predicted octanol–water partition coefficient (Wildman–Crippen LogP) is 0.281. The molecule has 0 amide bonds. The Bertz CT molecular complexity index is 1520. The second-order valence-corrected chi connectivity index (χ2v) is 10.9. The minimum absolute atomic E-state index is 0.346. The minimum atomic E-state index is -0.397. The van der Waals surface area contributed by atoms with Crippen molar-refractivity contribution in [3.8, 4) is 6.07 Å². The molecule has 3 aliphatic rings. The van der Waals surface area contributed by atoms with Crippen molar-refractivity contribution in [2.24, 2.45) is 5.84 Å². The number of hydrogen-bond acceptors (Lipinski definition) is 12. The third kappa shape index (κ3) is 4.64. The van der Waals surface area contributed by atoms with Gasteiger partial charge in [-0.25, -0.2) is 14.6 Å². The average molecular weight is 545 g/mol. The van der Waals surface area contributed by atoms with E-state index in [0.29, 0.717) is 44.1 Å². The molecule has 7 rings (SSSR count). The molecular formula is C25H32N14O. The lowest BCUT2D eigenvalue weighted by atomic mass is 9.87. The number of piperidine rings is 1. The van der Waals surface area contributed by atoms with Gasteiger partial charge in [0.05, 0.1) is 73.6 Å². The molecule has 0 aromatic carbocycles. The molecule has 3 saturated heterocycles. The van der Waals surface area contributed by atoms with Gasteiger partial charge in [-0.3, -0.25) is 15.4 Å². The Morgan fingerprint density at radius 1 is 1.18 bits per heavy atom. The number of anilines is 3. The first-order chi connectivity index (χ1) is 19.6. The predicted molar refractivity (Wildman–Crippen MR) is 145 cm³/mol. The van der Waals surface area contributed by atoms with Crippen LogP contribution >= 0.6 is 0 Å². The topological polar surface area (TPSA) is 168 Å². The van der Waals surface area contributed by atoms with Gasteiger partial charge in [-0.1, -0.05) is 5.21 Å². The van der Waals surface area contributed by atoms with Crippen LogP contribution < -0.4 is 21.5 Å². The van der Waals surface area contributed by atoms with Gasteiger partial charge < -0.3 is 15.0 Å². The molecule has 0 spiro atoms. The van der Waals surface area contributed by atoms with Crippen LogP contribution in [0.15, 0.2) is 36.9 Å². The first kappa shape index (κ1) is 24.9. The molecule has 4 aromatic heterocycles. The van der Waals surface area contributed by atoms with E-state index in [2.05, 4.69) is 47.1 Å². The van der Waals surface area contributed by atoms with E-state index in [-0.39, 0.29) is 0 Å². The molecule has 0 bridgehead atoms. The Morgan fingerprint density at radius 2 is 2.02 bits per heavy atom. The zero-order chi connectivity index (χ0) is 27.1. The summed E-state index contributed by atoms with van der Waals surface area (Å²) in [5.74, 6) is 6.18. The number of nitrogens with one attached hydrogen (secondary N) is 2. The Hall–Kier alpha value is -4.10. The van der Waals surface area contributed by atoms with Crippen LogP contribution in [0.25, 0.3) is 5.65 Å². The summed E-state index contributed by atoms with van der Waals surface area (Å²) in [5.41, 5.74) is 5.72. The first-order valence-electron chi connectivity index (χ1n) is 13.6. The Labute approximate surface area is 230 Å². The van der Waals surface area contributed by atoms with Crippen molar-refractivity contribution in [2.45, 2.75) is 43.4 Å². The number of hydrazine groups is 1. The van der Waals surface area contributed by atoms with Crippen molar-refractivity contribution in [1.29, 1.82) is 5.26 Å². The molecule has 4 aromatic rings. The van der Waals surface area contributed by atoms with Gasteiger partial charge in [0.1, 0.15) is 5.69 Å². The molecule has 0 unspecified atom stereocenters. The number of pyridine rings is 1. The Kier molecular flexibility index (Phi) is 6.31. The highest BCUT2D eigenvalue weighted by molar-refractivity contribution is 5.72. The van der Waals surface area contributed by atoms with Crippen molar-refractivity contribution in [3.63, 3.8) is 0 Å². The summed E-state index contributed by atoms with van der Waals surface area (Å²) in [5, 5.41) is 30.2. The van der Waals surface area contributed by atoms with Crippen molar-refractivity contribution in [2.75, 3.05) is 49.6 Å². The fourth-order valence-electron chi connectivity index (χ4n) is 5.78. The molecule has 208 valence electrons. The van der Waals surface area contributed by atoms with Crippen LogP contribution in [0.1, 0.15) is 31.0 Å². The van der Waals surface area contributed by atoms with Gasteiger partial charge in [0.25, 0.3) is 0 Å². The third-order valence-corrected chi connectivity index (χ3v) is 8.17. The molecule has 0 radical (unpaired) electrons. The fourth-order valence-corrected chi connectivity index (χ4v) is 5.78. The number of rotatable bonds is 9. The summed E-state index contributed by atoms with van der Waals surface area (Å²) in [4.78, 5) is 9.38. The normalized spacial score (nSPS) is 19.9. The molecule has 15 nitrogen and oxygen atoms in total. The van der Waals surface area contributed by atoms with E-state index in [1.165, 1.54) is 0 Å². The quantitative estimate of drug-likeness (QED) is 0.195. The van der Waals surface area contributed by atoms with Crippen LogP contribution in [-0.4, -0.2) is 95.2 Å². The molecule has 3 fully saturated rings. The molecule has 3 aliphatic heterocycles. The zero-order valence-corrected chi connectivity index (χ0v) is 22.1. The number of aromatic nitrogens is 8. The maximum atomic E-state index is 9.12. The van der Waals surface area contributed by atoms with Gasteiger partial charge >= 0.3 is 0 Å². The average Bonchev–Trinajstić information content (AvgIpc) is 3.66. The summed E-state index contributed by atoms with van der Waals surface area (Å²) in [7, 11) is 0. The maximum absolute atomic E-state index is 9.12. The number of fused-ring (bicyclic) bond motifs is 1. The molecule has 15 heteroatoms. The van der Waals surface area contributed by atoms with Crippen LogP contribution in [0.2, 0.25) is 0 Å². The van der Waals surface area contributed by atoms with Gasteiger partial charge in [0.15, 0.2) is 5.65 Å².